The molecule has 0 spiro atoms. The van der Waals surface area contributed by atoms with Crippen molar-refractivity contribution in [2.24, 2.45) is 17.6 Å². The van der Waals surface area contributed by atoms with Crippen LogP contribution in [0.1, 0.15) is 43.7 Å². The van der Waals surface area contributed by atoms with Crippen molar-refractivity contribution in [2.75, 3.05) is 13.2 Å². The first-order chi connectivity index (χ1) is 10.6. The van der Waals surface area contributed by atoms with Gasteiger partial charge in [-0.25, -0.2) is 0 Å². The van der Waals surface area contributed by atoms with E-state index in [1.807, 2.05) is 13.0 Å². The van der Waals surface area contributed by atoms with Crippen LogP contribution in [0.15, 0.2) is 12.1 Å². The van der Waals surface area contributed by atoms with Crippen molar-refractivity contribution in [2.45, 2.75) is 51.7 Å². The third-order valence-corrected chi connectivity index (χ3v) is 4.48. The molecule has 1 unspecified atom stereocenters. The predicted octanol–water partition coefficient (Wildman–Crippen LogP) is 4.37. The summed E-state index contributed by atoms with van der Waals surface area (Å²) in [5.74, 6) is 2.30. The van der Waals surface area contributed by atoms with Crippen molar-refractivity contribution in [3.05, 3.63) is 28.3 Å². The van der Waals surface area contributed by atoms with Crippen LogP contribution in [0.4, 0.5) is 0 Å². The highest BCUT2D eigenvalue weighted by atomic mass is 35.5. The highest BCUT2D eigenvalue weighted by Gasteiger charge is 2.24. The molecule has 23 heavy (non-hydrogen) atoms. The molecule has 3 rings (SSSR count). The maximum absolute atomic E-state index is 6.45. The first-order valence-corrected chi connectivity index (χ1v) is 8.77. The molecule has 2 N–H and O–H groups in total. The van der Waals surface area contributed by atoms with Crippen molar-refractivity contribution < 1.29 is 9.47 Å². The van der Waals surface area contributed by atoms with E-state index in [0.717, 1.165) is 42.4 Å². The first kappa shape index (κ1) is 18.9. The summed E-state index contributed by atoms with van der Waals surface area (Å²) in [5.41, 5.74) is 8.20. The fraction of sp³-hybridized carbons (Fsp3) is 0.667. The average Bonchev–Trinajstić information content (AvgIpc) is 3.32. The fourth-order valence-electron chi connectivity index (χ4n) is 2.57. The van der Waals surface area contributed by atoms with Crippen LogP contribution in [0.3, 0.4) is 0 Å². The van der Waals surface area contributed by atoms with Gasteiger partial charge in [0.1, 0.15) is 5.75 Å². The minimum absolute atomic E-state index is 0. The zero-order chi connectivity index (χ0) is 15.5. The zero-order valence-electron chi connectivity index (χ0n) is 13.7. The largest absolute Gasteiger partial charge is 0.491 e. The van der Waals surface area contributed by atoms with Gasteiger partial charge in [-0.15, -0.1) is 12.4 Å². The Bertz CT molecular complexity index is 514. The maximum Gasteiger partial charge on any atom is 0.141 e. The molecule has 1 atom stereocenters. The van der Waals surface area contributed by atoms with E-state index in [0.29, 0.717) is 17.5 Å². The van der Waals surface area contributed by atoms with Gasteiger partial charge in [-0.1, -0.05) is 11.6 Å². The Kier molecular flexibility index (Phi) is 7.02. The monoisotopic (exact) mass is 359 g/mol. The van der Waals surface area contributed by atoms with Gasteiger partial charge in [0.05, 0.1) is 18.2 Å². The molecule has 2 aliphatic carbocycles. The van der Waals surface area contributed by atoms with Crippen molar-refractivity contribution in [1.29, 1.82) is 0 Å². The Morgan fingerprint density at radius 3 is 2.43 bits per heavy atom. The van der Waals surface area contributed by atoms with Gasteiger partial charge >= 0.3 is 0 Å². The molecular weight excluding hydrogens is 333 g/mol. The molecule has 0 aliphatic heterocycles. The minimum Gasteiger partial charge on any atom is -0.491 e. The third kappa shape index (κ3) is 6.15. The standard InChI is InChI=1S/C18H26ClNO2.ClH/c1-12(20)6-16-7-15(10-21-9-13-2-3-13)8-17(19)18(16)22-11-14-4-5-14;/h7-8,12-14H,2-6,9-11,20H2,1H3;1H. The van der Waals surface area contributed by atoms with Crippen LogP contribution in [-0.4, -0.2) is 19.3 Å². The van der Waals surface area contributed by atoms with E-state index in [9.17, 15) is 0 Å². The van der Waals surface area contributed by atoms with Crippen LogP contribution in [0.5, 0.6) is 5.75 Å². The molecule has 2 aliphatic rings. The molecule has 0 amide bonds. The smallest absolute Gasteiger partial charge is 0.141 e. The van der Waals surface area contributed by atoms with E-state index in [1.54, 1.807) is 0 Å². The van der Waals surface area contributed by atoms with Crippen molar-refractivity contribution in [3.63, 3.8) is 0 Å². The molecular formula is C18H27Cl2NO2. The Labute approximate surface area is 150 Å². The molecule has 130 valence electrons. The summed E-state index contributed by atoms with van der Waals surface area (Å²) in [4.78, 5) is 0. The van der Waals surface area contributed by atoms with E-state index >= 15 is 0 Å². The summed E-state index contributed by atoms with van der Waals surface area (Å²) in [6, 6.07) is 4.20. The second-order valence-electron chi connectivity index (χ2n) is 6.96. The van der Waals surface area contributed by atoms with Crippen LogP contribution < -0.4 is 10.5 Å². The number of halogens is 2. The lowest BCUT2D eigenvalue weighted by molar-refractivity contribution is 0.111. The molecule has 0 heterocycles. The first-order valence-electron chi connectivity index (χ1n) is 8.39. The lowest BCUT2D eigenvalue weighted by Gasteiger charge is -2.16. The lowest BCUT2D eigenvalue weighted by Crippen LogP contribution is -2.19. The van der Waals surface area contributed by atoms with Gasteiger partial charge in [-0.3, -0.25) is 0 Å². The second kappa shape index (κ2) is 8.57. The van der Waals surface area contributed by atoms with E-state index in [-0.39, 0.29) is 18.4 Å². The number of hydrogen-bond acceptors (Lipinski definition) is 3. The van der Waals surface area contributed by atoms with Gasteiger partial charge in [0.2, 0.25) is 0 Å². The number of rotatable bonds is 9. The minimum atomic E-state index is 0. The average molecular weight is 360 g/mol. The van der Waals surface area contributed by atoms with Crippen molar-refractivity contribution in [3.8, 4) is 5.75 Å². The molecule has 0 bridgehead atoms. The summed E-state index contributed by atoms with van der Waals surface area (Å²) in [6.07, 6.45) is 5.94. The number of benzene rings is 1. The number of hydrogen-bond donors (Lipinski definition) is 1. The van der Waals surface area contributed by atoms with Gasteiger partial charge in [0, 0.05) is 12.6 Å². The maximum atomic E-state index is 6.45. The molecule has 3 nitrogen and oxygen atoms in total. The van der Waals surface area contributed by atoms with Crippen LogP contribution in [0, 0.1) is 11.8 Å². The zero-order valence-corrected chi connectivity index (χ0v) is 15.3. The SMILES string of the molecule is CC(N)Cc1cc(COCC2CC2)cc(Cl)c1OCC1CC1.Cl. The van der Waals surface area contributed by atoms with Crippen LogP contribution in [0.2, 0.25) is 5.02 Å². The Morgan fingerprint density at radius 1 is 1.17 bits per heavy atom. The van der Waals surface area contributed by atoms with Gasteiger partial charge < -0.3 is 15.2 Å². The summed E-state index contributed by atoms with van der Waals surface area (Å²) in [6.45, 7) is 4.25. The molecule has 2 saturated carbocycles. The molecule has 2 fully saturated rings. The van der Waals surface area contributed by atoms with Crippen LogP contribution in [0.25, 0.3) is 0 Å². The van der Waals surface area contributed by atoms with Gasteiger partial charge in [0.25, 0.3) is 0 Å². The molecule has 1 aromatic rings. The summed E-state index contributed by atoms with van der Waals surface area (Å²) < 4.78 is 11.7. The normalized spacial score (nSPS) is 18.4. The Hall–Kier alpha value is -0.480. The Morgan fingerprint density at radius 2 is 1.83 bits per heavy atom. The number of ether oxygens (including phenoxy) is 2. The van der Waals surface area contributed by atoms with Crippen LogP contribution >= 0.6 is 24.0 Å². The molecule has 0 aromatic heterocycles. The third-order valence-electron chi connectivity index (χ3n) is 4.20. The second-order valence-corrected chi connectivity index (χ2v) is 7.37. The molecule has 5 heteroatoms. The topological polar surface area (TPSA) is 44.5 Å². The van der Waals surface area contributed by atoms with Gasteiger partial charge in [-0.05, 0) is 74.1 Å². The van der Waals surface area contributed by atoms with E-state index in [1.165, 1.54) is 25.7 Å². The summed E-state index contributed by atoms with van der Waals surface area (Å²) in [7, 11) is 0. The van der Waals surface area contributed by atoms with E-state index in [2.05, 4.69) is 6.07 Å². The number of nitrogens with two attached hydrogens (primary N) is 1. The van der Waals surface area contributed by atoms with Crippen molar-refractivity contribution >= 4 is 24.0 Å². The quantitative estimate of drug-likeness (QED) is 0.711. The highest BCUT2D eigenvalue weighted by molar-refractivity contribution is 6.32. The van der Waals surface area contributed by atoms with Crippen molar-refractivity contribution in [1.82, 2.24) is 0 Å². The lowest BCUT2D eigenvalue weighted by atomic mass is 10.0. The molecule has 1 aromatic carbocycles. The van der Waals surface area contributed by atoms with Gasteiger partial charge in [-0.2, -0.15) is 0 Å². The van der Waals surface area contributed by atoms with E-state index in [4.69, 9.17) is 26.8 Å². The molecule has 0 saturated heterocycles. The Balaban J connectivity index is 0.00000192. The summed E-state index contributed by atoms with van der Waals surface area (Å²) in [5, 5.41) is 0.684. The van der Waals surface area contributed by atoms with Crippen LogP contribution in [-0.2, 0) is 17.8 Å². The fourth-order valence-corrected chi connectivity index (χ4v) is 2.89. The van der Waals surface area contributed by atoms with Gasteiger partial charge in [0.15, 0.2) is 0 Å². The summed E-state index contributed by atoms with van der Waals surface area (Å²) >= 11 is 6.45. The predicted molar refractivity (Wildman–Crippen MR) is 96.7 cm³/mol. The molecule has 0 radical (unpaired) electrons. The van der Waals surface area contributed by atoms with E-state index < -0.39 is 0 Å². The highest BCUT2D eigenvalue weighted by Crippen LogP contribution is 2.35.